The number of anilines is 1. The van der Waals surface area contributed by atoms with Gasteiger partial charge in [-0.1, -0.05) is 0 Å². The summed E-state index contributed by atoms with van der Waals surface area (Å²) in [6, 6.07) is 8.40. The van der Waals surface area contributed by atoms with Gasteiger partial charge in [0.1, 0.15) is 0 Å². The zero-order valence-electron chi connectivity index (χ0n) is 12.5. The van der Waals surface area contributed by atoms with Crippen molar-refractivity contribution in [2.45, 2.75) is 25.8 Å². The summed E-state index contributed by atoms with van der Waals surface area (Å²) in [6.45, 7) is 3.94. The number of thiophene rings is 1. The number of carbonyl (C=O) groups excluding carboxylic acids is 1. The lowest BCUT2D eigenvalue weighted by Crippen LogP contribution is -2.38. The highest BCUT2D eigenvalue weighted by atomic mass is 35.5. The zero-order chi connectivity index (χ0) is 14.4. The fourth-order valence-electron chi connectivity index (χ4n) is 3.39. The van der Waals surface area contributed by atoms with Crippen LogP contribution in [-0.4, -0.2) is 23.9 Å². The number of amides is 1. The van der Waals surface area contributed by atoms with Crippen molar-refractivity contribution < 1.29 is 4.79 Å². The minimum atomic E-state index is 0. The summed E-state index contributed by atoms with van der Waals surface area (Å²) in [4.78, 5) is 16.3. The van der Waals surface area contributed by atoms with E-state index >= 15 is 0 Å². The third kappa shape index (κ3) is 2.40. The van der Waals surface area contributed by atoms with Gasteiger partial charge in [0.25, 0.3) is 5.91 Å². The van der Waals surface area contributed by atoms with E-state index in [1.807, 2.05) is 28.4 Å². The van der Waals surface area contributed by atoms with Crippen LogP contribution in [0.1, 0.15) is 39.3 Å². The SMILES string of the molecule is CC1c2ccsc2CCN1C(=O)c1ccc2c(c1)CCN2.Cl. The Balaban J connectivity index is 0.00000144. The van der Waals surface area contributed by atoms with Gasteiger partial charge in [0.2, 0.25) is 0 Å². The Morgan fingerprint density at radius 2 is 2.18 bits per heavy atom. The van der Waals surface area contributed by atoms with Crippen LogP contribution >= 0.6 is 23.7 Å². The molecule has 5 heteroatoms. The highest BCUT2D eigenvalue weighted by Crippen LogP contribution is 2.34. The fourth-order valence-corrected chi connectivity index (χ4v) is 4.35. The second-order valence-electron chi connectivity index (χ2n) is 5.77. The molecule has 0 radical (unpaired) electrons. The number of hydrogen-bond acceptors (Lipinski definition) is 3. The molecular formula is C17H19ClN2OS. The van der Waals surface area contributed by atoms with E-state index in [0.29, 0.717) is 0 Å². The van der Waals surface area contributed by atoms with Gasteiger partial charge in [-0.15, -0.1) is 23.7 Å². The van der Waals surface area contributed by atoms with Gasteiger partial charge in [0, 0.05) is 29.2 Å². The van der Waals surface area contributed by atoms with E-state index in [1.165, 1.54) is 21.7 Å². The van der Waals surface area contributed by atoms with Crippen molar-refractivity contribution in [3.63, 3.8) is 0 Å². The lowest BCUT2D eigenvalue weighted by Gasteiger charge is -2.33. The van der Waals surface area contributed by atoms with E-state index in [4.69, 9.17) is 0 Å². The lowest BCUT2D eigenvalue weighted by atomic mass is 9.99. The molecule has 1 unspecified atom stereocenters. The first-order chi connectivity index (χ1) is 10.2. The molecule has 0 fully saturated rings. The second-order valence-corrected chi connectivity index (χ2v) is 6.77. The summed E-state index contributed by atoms with van der Waals surface area (Å²) in [5, 5.41) is 5.48. The molecule has 2 aromatic rings. The molecule has 1 amide bonds. The van der Waals surface area contributed by atoms with E-state index in [2.05, 4.69) is 29.8 Å². The molecule has 1 aromatic carbocycles. The number of hydrogen-bond donors (Lipinski definition) is 1. The highest BCUT2D eigenvalue weighted by molar-refractivity contribution is 7.10. The van der Waals surface area contributed by atoms with Crippen LogP contribution in [0.5, 0.6) is 0 Å². The van der Waals surface area contributed by atoms with E-state index in [0.717, 1.165) is 31.5 Å². The molecule has 1 N–H and O–H groups in total. The molecule has 3 heterocycles. The molecular weight excluding hydrogens is 316 g/mol. The van der Waals surface area contributed by atoms with E-state index in [1.54, 1.807) is 0 Å². The third-order valence-corrected chi connectivity index (χ3v) is 5.60. The Morgan fingerprint density at radius 3 is 3.05 bits per heavy atom. The van der Waals surface area contributed by atoms with E-state index < -0.39 is 0 Å². The van der Waals surface area contributed by atoms with Crippen molar-refractivity contribution in [1.82, 2.24) is 4.90 Å². The maximum absolute atomic E-state index is 12.9. The molecule has 1 atom stereocenters. The van der Waals surface area contributed by atoms with Crippen molar-refractivity contribution >= 4 is 35.3 Å². The number of halogens is 1. The molecule has 4 rings (SSSR count). The van der Waals surface area contributed by atoms with Gasteiger partial charge in [0.05, 0.1) is 6.04 Å². The molecule has 22 heavy (non-hydrogen) atoms. The lowest BCUT2D eigenvalue weighted by molar-refractivity contribution is 0.0679. The van der Waals surface area contributed by atoms with Crippen LogP contribution in [0.4, 0.5) is 5.69 Å². The Hall–Kier alpha value is -1.52. The predicted molar refractivity (Wildman–Crippen MR) is 93.4 cm³/mol. The minimum absolute atomic E-state index is 0. The Kier molecular flexibility index (Phi) is 4.15. The molecule has 0 saturated heterocycles. The summed E-state index contributed by atoms with van der Waals surface area (Å²) in [6.07, 6.45) is 2.00. The van der Waals surface area contributed by atoms with Crippen LogP contribution in [0.2, 0.25) is 0 Å². The summed E-state index contributed by atoms with van der Waals surface area (Å²) in [7, 11) is 0. The normalized spacial score (nSPS) is 19.0. The molecule has 2 aliphatic rings. The third-order valence-electron chi connectivity index (χ3n) is 4.60. The zero-order valence-corrected chi connectivity index (χ0v) is 14.1. The minimum Gasteiger partial charge on any atom is -0.384 e. The fraction of sp³-hybridized carbons (Fsp3) is 0.353. The number of benzene rings is 1. The molecule has 0 spiro atoms. The second kappa shape index (κ2) is 5.94. The van der Waals surface area contributed by atoms with Crippen molar-refractivity contribution in [3.8, 4) is 0 Å². The van der Waals surface area contributed by atoms with Crippen LogP contribution in [0.3, 0.4) is 0 Å². The first kappa shape index (κ1) is 15.4. The summed E-state index contributed by atoms with van der Waals surface area (Å²) in [5.74, 6) is 0.161. The number of rotatable bonds is 1. The monoisotopic (exact) mass is 334 g/mol. The maximum atomic E-state index is 12.9. The predicted octanol–water partition coefficient (Wildman–Crippen LogP) is 3.90. The van der Waals surface area contributed by atoms with Crippen LogP contribution < -0.4 is 5.32 Å². The van der Waals surface area contributed by atoms with Gasteiger partial charge in [-0.2, -0.15) is 0 Å². The summed E-state index contributed by atoms with van der Waals surface area (Å²) < 4.78 is 0. The molecule has 0 saturated carbocycles. The van der Waals surface area contributed by atoms with Gasteiger partial charge in [-0.05, 0) is 60.5 Å². The maximum Gasteiger partial charge on any atom is 0.254 e. The van der Waals surface area contributed by atoms with Gasteiger partial charge in [-0.3, -0.25) is 4.79 Å². The smallest absolute Gasteiger partial charge is 0.254 e. The Bertz CT molecular complexity index is 712. The van der Waals surface area contributed by atoms with Crippen LogP contribution in [0.15, 0.2) is 29.6 Å². The van der Waals surface area contributed by atoms with Crippen molar-refractivity contribution in [2.75, 3.05) is 18.4 Å². The topological polar surface area (TPSA) is 32.3 Å². The van der Waals surface area contributed by atoms with Crippen molar-refractivity contribution in [1.29, 1.82) is 0 Å². The number of fused-ring (bicyclic) bond motifs is 2. The van der Waals surface area contributed by atoms with E-state index in [9.17, 15) is 4.79 Å². The first-order valence-corrected chi connectivity index (χ1v) is 8.36. The van der Waals surface area contributed by atoms with Gasteiger partial charge in [0.15, 0.2) is 0 Å². The van der Waals surface area contributed by atoms with Crippen molar-refractivity contribution in [2.24, 2.45) is 0 Å². The van der Waals surface area contributed by atoms with Crippen LogP contribution in [-0.2, 0) is 12.8 Å². The molecule has 0 bridgehead atoms. The number of nitrogens with one attached hydrogen (secondary N) is 1. The number of nitrogens with zero attached hydrogens (tertiary/aromatic N) is 1. The van der Waals surface area contributed by atoms with Gasteiger partial charge in [-0.25, -0.2) is 0 Å². The number of carbonyl (C=O) groups is 1. The van der Waals surface area contributed by atoms with Crippen LogP contribution in [0.25, 0.3) is 0 Å². The van der Waals surface area contributed by atoms with Gasteiger partial charge < -0.3 is 10.2 Å². The molecule has 0 aliphatic carbocycles. The summed E-state index contributed by atoms with van der Waals surface area (Å²) >= 11 is 1.81. The van der Waals surface area contributed by atoms with E-state index in [-0.39, 0.29) is 24.4 Å². The average Bonchev–Trinajstić information content (AvgIpc) is 3.15. The Morgan fingerprint density at radius 1 is 1.32 bits per heavy atom. The molecule has 1 aromatic heterocycles. The largest absolute Gasteiger partial charge is 0.384 e. The first-order valence-electron chi connectivity index (χ1n) is 7.48. The van der Waals surface area contributed by atoms with Crippen LogP contribution in [0, 0.1) is 0 Å². The Labute approximate surface area is 140 Å². The molecule has 2 aliphatic heterocycles. The highest BCUT2D eigenvalue weighted by Gasteiger charge is 2.29. The van der Waals surface area contributed by atoms with Gasteiger partial charge >= 0.3 is 0 Å². The standard InChI is InChI=1S/C17H18N2OS.ClH/c1-11-14-6-9-21-16(14)5-8-19(11)17(20)13-2-3-15-12(10-13)4-7-18-15;/h2-3,6,9-11,18H,4-5,7-8H2,1H3;1H. The molecule has 116 valence electrons. The summed E-state index contributed by atoms with van der Waals surface area (Å²) in [5.41, 5.74) is 4.59. The van der Waals surface area contributed by atoms with Crippen molar-refractivity contribution in [3.05, 3.63) is 51.2 Å². The molecule has 3 nitrogen and oxygen atoms in total. The quantitative estimate of drug-likeness (QED) is 0.858. The average molecular weight is 335 g/mol.